The Morgan fingerprint density at radius 2 is 1.86 bits per heavy atom. The Morgan fingerprint density at radius 1 is 1.18 bits per heavy atom. The molecule has 0 saturated heterocycles. The number of carbonyl (C=O) groups excluding carboxylic acids is 1. The maximum atomic E-state index is 11.7. The molecular weight excluding hydrogens is 290 g/mol. The molecule has 0 bridgehead atoms. The van der Waals surface area contributed by atoms with E-state index in [1.807, 2.05) is 0 Å². The number of carbonyl (C=O) groups is 1. The molecule has 0 aromatic heterocycles. The maximum absolute atomic E-state index is 11.7. The number of nitrogens with one attached hydrogen (secondary N) is 1. The topological polar surface area (TPSA) is 125 Å². The van der Waals surface area contributed by atoms with Crippen molar-refractivity contribution in [2.45, 2.75) is 0 Å². The molecule has 0 saturated carbocycles. The lowest BCUT2D eigenvalue weighted by molar-refractivity contribution is -0.385. The van der Waals surface area contributed by atoms with E-state index in [0.717, 1.165) is 6.07 Å². The summed E-state index contributed by atoms with van der Waals surface area (Å²) in [6.07, 6.45) is 1.21. The van der Waals surface area contributed by atoms with Gasteiger partial charge in [0.1, 0.15) is 5.75 Å². The molecule has 0 heterocycles. The molecule has 0 aliphatic rings. The first kappa shape index (κ1) is 15.0. The molecule has 22 heavy (non-hydrogen) atoms. The van der Waals surface area contributed by atoms with Crippen LogP contribution in [0, 0.1) is 10.1 Å². The Labute approximate surface area is 124 Å². The molecule has 0 spiro atoms. The van der Waals surface area contributed by atoms with Crippen molar-refractivity contribution in [3.63, 3.8) is 0 Å². The number of aromatic hydroxyl groups is 2. The van der Waals surface area contributed by atoms with E-state index >= 15 is 0 Å². The van der Waals surface area contributed by atoms with Crippen LogP contribution in [0.2, 0.25) is 0 Å². The van der Waals surface area contributed by atoms with Crippen molar-refractivity contribution in [1.29, 1.82) is 0 Å². The Kier molecular flexibility index (Phi) is 4.33. The van der Waals surface area contributed by atoms with E-state index in [0.29, 0.717) is 11.1 Å². The predicted molar refractivity (Wildman–Crippen MR) is 77.9 cm³/mol. The zero-order valence-corrected chi connectivity index (χ0v) is 11.1. The number of nitrogens with zero attached hydrogens (tertiary/aromatic N) is 2. The van der Waals surface area contributed by atoms with Gasteiger partial charge in [-0.3, -0.25) is 14.9 Å². The van der Waals surface area contributed by atoms with Crippen LogP contribution in [-0.2, 0) is 0 Å². The SMILES string of the molecule is O=C(NN=Cc1ccc(O)c([N+](=O)[O-])c1)c1ccc(O)cc1. The molecule has 2 aromatic carbocycles. The summed E-state index contributed by atoms with van der Waals surface area (Å²) in [5.74, 6) is -0.906. The summed E-state index contributed by atoms with van der Waals surface area (Å²) < 4.78 is 0. The van der Waals surface area contributed by atoms with Crippen molar-refractivity contribution >= 4 is 17.8 Å². The van der Waals surface area contributed by atoms with Gasteiger partial charge in [0.15, 0.2) is 5.75 Å². The highest BCUT2D eigenvalue weighted by Gasteiger charge is 2.12. The van der Waals surface area contributed by atoms with Crippen LogP contribution in [0.3, 0.4) is 0 Å². The van der Waals surface area contributed by atoms with E-state index in [2.05, 4.69) is 10.5 Å². The first-order chi connectivity index (χ1) is 10.5. The first-order valence-electron chi connectivity index (χ1n) is 6.07. The molecule has 8 heteroatoms. The van der Waals surface area contributed by atoms with Crippen molar-refractivity contribution in [3.05, 3.63) is 63.7 Å². The monoisotopic (exact) mass is 301 g/mol. The van der Waals surface area contributed by atoms with Crippen LogP contribution in [0.15, 0.2) is 47.6 Å². The van der Waals surface area contributed by atoms with Crippen LogP contribution in [0.1, 0.15) is 15.9 Å². The lowest BCUT2D eigenvalue weighted by Gasteiger charge is -2.00. The predicted octanol–water partition coefficient (Wildman–Crippen LogP) is 1.77. The van der Waals surface area contributed by atoms with Crippen molar-refractivity contribution < 1.29 is 19.9 Å². The van der Waals surface area contributed by atoms with Gasteiger partial charge in [-0.15, -0.1) is 0 Å². The molecule has 0 fully saturated rings. The van der Waals surface area contributed by atoms with Gasteiger partial charge >= 0.3 is 5.69 Å². The highest BCUT2D eigenvalue weighted by molar-refractivity contribution is 5.95. The van der Waals surface area contributed by atoms with Crippen LogP contribution >= 0.6 is 0 Å². The first-order valence-corrected chi connectivity index (χ1v) is 6.07. The molecule has 2 aromatic rings. The van der Waals surface area contributed by atoms with Crippen molar-refractivity contribution in [2.24, 2.45) is 5.10 Å². The summed E-state index contributed by atoms with van der Waals surface area (Å²) in [7, 11) is 0. The third-order valence-corrected chi connectivity index (χ3v) is 2.71. The van der Waals surface area contributed by atoms with Gasteiger partial charge in [-0.2, -0.15) is 5.10 Å². The summed E-state index contributed by atoms with van der Waals surface area (Å²) in [5.41, 5.74) is 2.44. The van der Waals surface area contributed by atoms with E-state index in [1.54, 1.807) is 0 Å². The molecule has 2 rings (SSSR count). The van der Waals surface area contributed by atoms with E-state index in [4.69, 9.17) is 5.11 Å². The minimum absolute atomic E-state index is 0.0384. The fourth-order valence-corrected chi connectivity index (χ4v) is 1.61. The van der Waals surface area contributed by atoms with Crippen LogP contribution in [0.25, 0.3) is 0 Å². The van der Waals surface area contributed by atoms with Gasteiger partial charge in [0.25, 0.3) is 5.91 Å². The molecule has 0 aliphatic heterocycles. The molecule has 0 radical (unpaired) electrons. The number of hydrazone groups is 1. The van der Waals surface area contributed by atoms with Gasteiger partial charge in [0, 0.05) is 17.2 Å². The molecule has 8 nitrogen and oxygen atoms in total. The molecule has 0 unspecified atom stereocenters. The number of nitro groups is 1. The van der Waals surface area contributed by atoms with E-state index in [-0.39, 0.29) is 5.75 Å². The highest BCUT2D eigenvalue weighted by atomic mass is 16.6. The van der Waals surface area contributed by atoms with E-state index < -0.39 is 22.3 Å². The standard InChI is InChI=1S/C14H11N3O5/c18-11-4-2-10(3-5-11)14(20)16-15-8-9-1-6-13(19)12(7-9)17(21)22/h1-8,18-19H,(H,16,20). The molecule has 3 N–H and O–H groups in total. The highest BCUT2D eigenvalue weighted by Crippen LogP contribution is 2.25. The zero-order valence-electron chi connectivity index (χ0n) is 11.1. The molecule has 0 aliphatic carbocycles. The summed E-state index contributed by atoms with van der Waals surface area (Å²) in [6, 6.07) is 9.28. The van der Waals surface area contributed by atoms with Crippen molar-refractivity contribution in [3.8, 4) is 11.5 Å². The van der Waals surface area contributed by atoms with E-state index in [1.165, 1.54) is 42.6 Å². The minimum Gasteiger partial charge on any atom is -0.508 e. The second-order valence-electron chi connectivity index (χ2n) is 4.25. The molecule has 112 valence electrons. The number of hydrogen-bond donors (Lipinski definition) is 3. The largest absolute Gasteiger partial charge is 0.508 e. The van der Waals surface area contributed by atoms with Crippen LogP contribution < -0.4 is 5.43 Å². The zero-order chi connectivity index (χ0) is 16.1. The quantitative estimate of drug-likeness (QED) is 0.451. The number of nitro benzene ring substituents is 1. The summed E-state index contributed by atoms with van der Waals surface area (Å²) in [6.45, 7) is 0. The molecule has 0 atom stereocenters. The third-order valence-electron chi connectivity index (χ3n) is 2.71. The smallest absolute Gasteiger partial charge is 0.311 e. The van der Waals surface area contributed by atoms with Gasteiger partial charge in [-0.25, -0.2) is 5.43 Å². The van der Waals surface area contributed by atoms with Crippen LogP contribution in [0.5, 0.6) is 11.5 Å². The van der Waals surface area contributed by atoms with Crippen molar-refractivity contribution in [1.82, 2.24) is 5.43 Å². The number of phenolic OH excluding ortho intramolecular Hbond substituents is 2. The Balaban J connectivity index is 2.06. The number of benzene rings is 2. The van der Waals surface area contributed by atoms with Gasteiger partial charge in [-0.05, 0) is 36.4 Å². The van der Waals surface area contributed by atoms with Crippen LogP contribution in [0.4, 0.5) is 5.69 Å². The Morgan fingerprint density at radius 3 is 2.50 bits per heavy atom. The van der Waals surface area contributed by atoms with Gasteiger partial charge in [0.05, 0.1) is 11.1 Å². The maximum Gasteiger partial charge on any atom is 0.311 e. The summed E-state index contributed by atoms with van der Waals surface area (Å²) in [5, 5.41) is 32.8. The number of phenols is 2. The second kappa shape index (κ2) is 6.35. The molecule has 1 amide bonds. The summed E-state index contributed by atoms with van der Waals surface area (Å²) >= 11 is 0. The fourth-order valence-electron chi connectivity index (χ4n) is 1.61. The Bertz CT molecular complexity index is 741. The lowest BCUT2D eigenvalue weighted by Crippen LogP contribution is -2.17. The second-order valence-corrected chi connectivity index (χ2v) is 4.25. The Hall–Kier alpha value is -3.42. The lowest BCUT2D eigenvalue weighted by atomic mass is 10.2. The third kappa shape index (κ3) is 3.57. The normalized spacial score (nSPS) is 10.5. The average Bonchev–Trinajstić information content (AvgIpc) is 2.49. The van der Waals surface area contributed by atoms with Gasteiger partial charge in [0.2, 0.25) is 0 Å². The number of hydrogen-bond acceptors (Lipinski definition) is 6. The average molecular weight is 301 g/mol. The van der Waals surface area contributed by atoms with E-state index in [9.17, 15) is 20.0 Å². The number of rotatable bonds is 4. The summed E-state index contributed by atoms with van der Waals surface area (Å²) in [4.78, 5) is 21.7. The fraction of sp³-hybridized carbons (Fsp3) is 0. The van der Waals surface area contributed by atoms with Crippen molar-refractivity contribution in [2.75, 3.05) is 0 Å². The number of amides is 1. The molecular formula is C14H11N3O5. The minimum atomic E-state index is -0.721. The van der Waals surface area contributed by atoms with Gasteiger partial charge in [-0.1, -0.05) is 0 Å². The van der Waals surface area contributed by atoms with Crippen LogP contribution in [-0.4, -0.2) is 27.3 Å². The van der Waals surface area contributed by atoms with Gasteiger partial charge < -0.3 is 10.2 Å².